The predicted molar refractivity (Wildman–Crippen MR) is 48.2 cm³/mol. The van der Waals surface area contributed by atoms with Crippen LogP contribution in [0.5, 0.6) is 0 Å². The molecule has 0 bridgehead atoms. The van der Waals surface area contributed by atoms with Crippen LogP contribution in [0.25, 0.3) is 0 Å². The first kappa shape index (κ1) is 13.0. The monoisotopic (exact) mass is 251 g/mol. The third-order valence-corrected chi connectivity index (χ3v) is 1.91. The Kier molecular flexibility index (Phi) is 6.39. The molecule has 3 heteroatoms. The first-order valence-electron chi connectivity index (χ1n) is 3.94. The van der Waals surface area contributed by atoms with Crippen molar-refractivity contribution in [3.63, 3.8) is 0 Å². The molecular weight excluding hydrogens is 239 g/mol. The van der Waals surface area contributed by atoms with E-state index in [1.54, 1.807) is 6.92 Å². The van der Waals surface area contributed by atoms with Gasteiger partial charge in [0.2, 0.25) is 0 Å². The van der Waals surface area contributed by atoms with Gasteiger partial charge in [0.1, 0.15) is 0 Å². The molecule has 0 unspecified atom stereocenters. The predicted octanol–water partition coefficient (Wildman–Crippen LogP) is 1.43. The molecule has 13 heavy (non-hydrogen) atoms. The van der Waals surface area contributed by atoms with Gasteiger partial charge in [0.15, 0.2) is 0 Å². The quantitative estimate of drug-likeness (QED) is 0.826. The Morgan fingerprint density at radius 3 is 2.31 bits per heavy atom. The van der Waals surface area contributed by atoms with Crippen molar-refractivity contribution >= 4 is 6.29 Å². The summed E-state index contributed by atoms with van der Waals surface area (Å²) in [4.78, 5) is 10.3. The molecule has 0 aliphatic carbocycles. The summed E-state index contributed by atoms with van der Waals surface area (Å²) in [6, 6.07) is 9.34. The van der Waals surface area contributed by atoms with Crippen molar-refractivity contribution in [3.8, 4) is 0 Å². The van der Waals surface area contributed by atoms with Gasteiger partial charge in [0.05, 0.1) is 0 Å². The molecule has 0 spiro atoms. The number of nitrogens with two attached hydrogens (primary N) is 1. The van der Waals surface area contributed by atoms with E-state index >= 15 is 0 Å². The van der Waals surface area contributed by atoms with Crippen molar-refractivity contribution in [3.05, 3.63) is 35.9 Å². The molecule has 0 saturated heterocycles. The zero-order valence-corrected chi connectivity index (χ0v) is 10.4. The topological polar surface area (TPSA) is 43.1 Å². The number of rotatable bonds is 3. The van der Waals surface area contributed by atoms with Crippen molar-refractivity contribution in [2.45, 2.75) is 13.0 Å². The van der Waals surface area contributed by atoms with Gasteiger partial charge in [-0.05, 0) is 5.56 Å². The van der Waals surface area contributed by atoms with Crippen LogP contribution in [-0.4, -0.2) is 6.29 Å². The molecule has 1 aromatic rings. The Hall–Kier alpha value is -0.0461. The zero-order chi connectivity index (χ0) is 8.97. The van der Waals surface area contributed by atoms with E-state index < -0.39 is 0 Å². The summed E-state index contributed by atoms with van der Waals surface area (Å²) in [6.45, 7) is 1.77. The fourth-order valence-electron chi connectivity index (χ4n) is 1.04. The Morgan fingerprint density at radius 1 is 1.31 bits per heavy atom. The first-order valence-corrected chi connectivity index (χ1v) is 3.94. The normalized spacial score (nSPS) is 14.0. The number of carbonyl (C=O) groups excluding carboxylic acids is 1. The Bertz CT molecular complexity index is 250. The second kappa shape index (κ2) is 6.41. The molecule has 0 aliphatic heterocycles. The molecule has 0 saturated carbocycles. The van der Waals surface area contributed by atoms with Gasteiger partial charge in [-0.25, -0.2) is 0 Å². The van der Waals surface area contributed by atoms with Crippen molar-refractivity contribution in [1.82, 2.24) is 0 Å². The van der Waals surface area contributed by atoms with E-state index in [1.165, 1.54) is 0 Å². The van der Waals surface area contributed by atoms with Gasteiger partial charge in [0, 0.05) is 38.8 Å². The standard InChI is InChI=1S/C10H12NO.Y/c1-8(7-12)10(11)9-5-3-2-4-6-9;/h2-6,8,10H,11H2,1H3;/q-1;/t8-,10-;/m0./s1. The van der Waals surface area contributed by atoms with E-state index in [0.29, 0.717) is 0 Å². The van der Waals surface area contributed by atoms with E-state index in [-0.39, 0.29) is 44.7 Å². The van der Waals surface area contributed by atoms with Gasteiger partial charge in [-0.2, -0.15) is 0 Å². The summed E-state index contributed by atoms with van der Waals surface area (Å²) in [7, 11) is 0. The van der Waals surface area contributed by atoms with Crippen LogP contribution in [0, 0.1) is 5.92 Å². The minimum atomic E-state index is -0.243. The number of hydrogen-bond donors (Lipinski definition) is 1. The summed E-state index contributed by atoms with van der Waals surface area (Å²) in [5.74, 6) is -0.243. The molecule has 0 heterocycles. The minimum Gasteiger partial charge on any atom is -0.541 e. The van der Waals surface area contributed by atoms with Crippen LogP contribution in [0.2, 0.25) is 0 Å². The zero-order valence-electron chi connectivity index (χ0n) is 7.60. The van der Waals surface area contributed by atoms with E-state index in [2.05, 4.69) is 0 Å². The van der Waals surface area contributed by atoms with Gasteiger partial charge in [0.25, 0.3) is 0 Å². The van der Waals surface area contributed by atoms with Crippen LogP contribution in [0.15, 0.2) is 30.3 Å². The molecule has 67 valence electrons. The second-order valence-electron chi connectivity index (χ2n) is 2.84. The van der Waals surface area contributed by atoms with Crippen LogP contribution in [0.1, 0.15) is 18.5 Å². The smallest absolute Gasteiger partial charge is 0.00780 e. The second-order valence-corrected chi connectivity index (χ2v) is 2.84. The van der Waals surface area contributed by atoms with Crippen LogP contribution in [-0.2, 0) is 37.5 Å². The summed E-state index contributed by atoms with van der Waals surface area (Å²) < 4.78 is 0. The van der Waals surface area contributed by atoms with E-state index in [1.807, 2.05) is 36.6 Å². The first-order chi connectivity index (χ1) is 5.75. The van der Waals surface area contributed by atoms with E-state index in [9.17, 15) is 4.79 Å². The third kappa shape index (κ3) is 3.67. The largest absolute Gasteiger partial charge is 0.541 e. The molecule has 2 atom stereocenters. The van der Waals surface area contributed by atoms with Crippen molar-refractivity contribution < 1.29 is 37.5 Å². The third-order valence-electron chi connectivity index (χ3n) is 1.91. The maximum atomic E-state index is 10.3. The molecule has 0 aromatic heterocycles. The van der Waals surface area contributed by atoms with Crippen molar-refractivity contribution in [2.75, 3.05) is 0 Å². The molecule has 1 rings (SSSR count). The molecule has 0 aliphatic rings. The molecule has 1 aromatic carbocycles. The molecule has 0 amide bonds. The van der Waals surface area contributed by atoms with Crippen molar-refractivity contribution in [1.29, 1.82) is 0 Å². The van der Waals surface area contributed by atoms with Gasteiger partial charge >= 0.3 is 0 Å². The van der Waals surface area contributed by atoms with Crippen LogP contribution < -0.4 is 5.73 Å². The molecule has 1 radical (unpaired) electrons. The molecule has 0 fully saturated rings. The van der Waals surface area contributed by atoms with Gasteiger partial charge in [-0.15, -0.1) is 5.92 Å². The summed E-state index contributed by atoms with van der Waals surface area (Å²) in [6.07, 6.45) is 1.89. The molecule has 2 nitrogen and oxygen atoms in total. The molecule has 2 N–H and O–H groups in total. The summed E-state index contributed by atoms with van der Waals surface area (Å²) >= 11 is 0. The van der Waals surface area contributed by atoms with Crippen LogP contribution >= 0.6 is 0 Å². The molecular formula is C10H12NOY-. The van der Waals surface area contributed by atoms with Crippen LogP contribution in [0.4, 0.5) is 0 Å². The summed E-state index contributed by atoms with van der Waals surface area (Å²) in [5, 5.41) is 0. The fourth-order valence-corrected chi connectivity index (χ4v) is 1.04. The van der Waals surface area contributed by atoms with Crippen LogP contribution in [0.3, 0.4) is 0 Å². The fraction of sp³-hybridized carbons (Fsp3) is 0.300. The maximum Gasteiger partial charge on any atom is 0.00780 e. The number of benzene rings is 1. The van der Waals surface area contributed by atoms with Crippen molar-refractivity contribution in [2.24, 2.45) is 11.7 Å². The Balaban J connectivity index is 0.00000144. The Morgan fingerprint density at radius 2 is 1.85 bits per heavy atom. The maximum absolute atomic E-state index is 10.3. The Labute approximate surface area is 104 Å². The van der Waals surface area contributed by atoms with Gasteiger partial charge < -0.3 is 10.5 Å². The van der Waals surface area contributed by atoms with Gasteiger partial charge in [-0.3, -0.25) is 6.29 Å². The van der Waals surface area contributed by atoms with E-state index in [4.69, 9.17) is 5.73 Å². The van der Waals surface area contributed by atoms with E-state index in [0.717, 1.165) is 5.56 Å². The SMILES string of the molecule is C[C@@H]([C-]=O)[C@H](N)c1ccccc1.[Y]. The minimum absolute atomic E-state index is 0. The average molecular weight is 251 g/mol. The number of hydrogen-bond acceptors (Lipinski definition) is 2. The van der Waals surface area contributed by atoms with Gasteiger partial charge in [-0.1, -0.05) is 37.3 Å². The average Bonchev–Trinajstić information content (AvgIpc) is 2.17. The summed E-state index contributed by atoms with van der Waals surface area (Å²) in [5.41, 5.74) is 6.77.